The van der Waals surface area contributed by atoms with E-state index < -0.39 is 10.0 Å². The number of carbonyl (C=O) groups excluding carboxylic acids is 1. The Kier molecular flexibility index (Phi) is 6.16. The number of carbonyl (C=O) groups is 1. The molecule has 2 aliphatic heterocycles. The van der Waals surface area contributed by atoms with Gasteiger partial charge in [-0.05, 0) is 19.3 Å². The van der Waals surface area contributed by atoms with Gasteiger partial charge >= 0.3 is 0 Å². The van der Waals surface area contributed by atoms with Crippen LogP contribution in [0.4, 0.5) is 16.8 Å². The van der Waals surface area contributed by atoms with Gasteiger partial charge < -0.3 is 15.1 Å². The molecular weight excluding hydrogens is 426 g/mol. The number of piperazine rings is 1. The van der Waals surface area contributed by atoms with E-state index in [2.05, 4.69) is 30.1 Å². The second kappa shape index (κ2) is 8.82. The Hall–Kier alpha value is -2.31. The second-order valence-corrected chi connectivity index (χ2v) is 10.5. The van der Waals surface area contributed by atoms with Crippen molar-refractivity contribution in [1.29, 1.82) is 0 Å². The number of sulfonamides is 1. The molecule has 2 aliphatic rings. The molecular formula is C18H25N7O3S2. The zero-order valence-corrected chi connectivity index (χ0v) is 18.5. The fourth-order valence-corrected chi connectivity index (χ4v) is 6.33. The van der Waals surface area contributed by atoms with E-state index in [-0.39, 0.29) is 15.2 Å². The Morgan fingerprint density at radius 3 is 2.23 bits per heavy atom. The fourth-order valence-electron chi connectivity index (χ4n) is 3.68. The molecule has 2 aromatic rings. The van der Waals surface area contributed by atoms with Gasteiger partial charge in [0.05, 0.1) is 6.20 Å². The molecule has 0 radical (unpaired) electrons. The molecule has 0 aromatic carbocycles. The van der Waals surface area contributed by atoms with Gasteiger partial charge in [-0.2, -0.15) is 4.31 Å². The van der Waals surface area contributed by atoms with Crippen LogP contribution in [0.25, 0.3) is 0 Å². The summed E-state index contributed by atoms with van der Waals surface area (Å²) in [5, 5.41) is 2.80. The van der Waals surface area contributed by atoms with Crippen LogP contribution in [-0.2, 0) is 14.8 Å². The number of piperidine rings is 1. The predicted octanol–water partition coefficient (Wildman–Crippen LogP) is 1.39. The second-order valence-electron chi connectivity index (χ2n) is 7.34. The monoisotopic (exact) mass is 451 g/mol. The number of hydrogen-bond donors (Lipinski definition) is 1. The Labute approximate surface area is 180 Å². The average Bonchev–Trinajstić information content (AvgIpc) is 3.23. The Bertz CT molecular complexity index is 997. The number of nitrogens with one attached hydrogen (secondary N) is 1. The number of thiazole rings is 1. The molecule has 1 N–H and O–H groups in total. The van der Waals surface area contributed by atoms with Gasteiger partial charge in [-0.25, -0.2) is 23.4 Å². The lowest BCUT2D eigenvalue weighted by Crippen LogP contribution is -2.48. The lowest BCUT2D eigenvalue weighted by molar-refractivity contribution is -0.114. The summed E-state index contributed by atoms with van der Waals surface area (Å²) in [4.78, 5) is 28.3. The molecule has 0 bridgehead atoms. The summed E-state index contributed by atoms with van der Waals surface area (Å²) in [5.41, 5.74) is 0. The molecule has 162 valence electrons. The predicted molar refractivity (Wildman–Crippen MR) is 115 cm³/mol. The first-order valence-corrected chi connectivity index (χ1v) is 12.2. The summed E-state index contributed by atoms with van der Waals surface area (Å²) in [6.45, 7) is 5.20. The zero-order chi connectivity index (χ0) is 21.1. The summed E-state index contributed by atoms with van der Waals surface area (Å²) in [6.07, 6.45) is 6.50. The van der Waals surface area contributed by atoms with E-state index in [0.29, 0.717) is 26.2 Å². The van der Waals surface area contributed by atoms with Gasteiger partial charge in [-0.1, -0.05) is 11.3 Å². The average molecular weight is 452 g/mol. The maximum absolute atomic E-state index is 12.9. The molecule has 4 heterocycles. The van der Waals surface area contributed by atoms with E-state index in [9.17, 15) is 13.2 Å². The summed E-state index contributed by atoms with van der Waals surface area (Å²) in [6, 6.07) is 2.00. The molecule has 12 heteroatoms. The first-order chi connectivity index (χ1) is 14.4. The minimum Gasteiger partial charge on any atom is -0.356 e. The van der Waals surface area contributed by atoms with Gasteiger partial charge in [-0.15, -0.1) is 0 Å². The lowest BCUT2D eigenvalue weighted by Gasteiger charge is -2.35. The first-order valence-electron chi connectivity index (χ1n) is 9.99. The SMILES string of the molecule is CC(=O)Nc1ncc(S(=O)(=O)N2CCN(c3cc(N4CCCCC4)ncn3)CC2)s1. The van der Waals surface area contributed by atoms with Gasteiger partial charge in [0.1, 0.15) is 18.0 Å². The molecule has 0 saturated carbocycles. The van der Waals surface area contributed by atoms with Crippen molar-refractivity contribution in [3.8, 4) is 0 Å². The minimum atomic E-state index is -3.64. The molecule has 10 nitrogen and oxygen atoms in total. The molecule has 30 heavy (non-hydrogen) atoms. The maximum atomic E-state index is 12.9. The van der Waals surface area contributed by atoms with Crippen molar-refractivity contribution in [1.82, 2.24) is 19.3 Å². The Morgan fingerprint density at radius 2 is 1.60 bits per heavy atom. The smallest absolute Gasteiger partial charge is 0.254 e. The van der Waals surface area contributed by atoms with E-state index in [0.717, 1.165) is 36.1 Å². The van der Waals surface area contributed by atoms with Crippen molar-refractivity contribution in [2.45, 2.75) is 30.4 Å². The van der Waals surface area contributed by atoms with Gasteiger partial charge in [0.2, 0.25) is 5.91 Å². The van der Waals surface area contributed by atoms with Gasteiger partial charge in [0.25, 0.3) is 10.0 Å². The molecule has 2 fully saturated rings. The standard InChI is InChI=1S/C18H25N7O3S2/c1-14(26)22-18-19-12-17(29-18)30(27,28)25-9-7-24(8-10-25)16-11-15(20-13-21-16)23-5-3-2-4-6-23/h11-13H,2-10H2,1H3,(H,19,22,26). The highest BCUT2D eigenvalue weighted by molar-refractivity contribution is 7.91. The van der Waals surface area contributed by atoms with E-state index in [1.54, 1.807) is 6.33 Å². The number of nitrogens with zero attached hydrogens (tertiary/aromatic N) is 6. The number of amides is 1. The maximum Gasteiger partial charge on any atom is 0.254 e. The third-order valence-corrected chi connectivity index (χ3v) is 8.49. The van der Waals surface area contributed by atoms with Crippen LogP contribution in [-0.4, -0.2) is 72.9 Å². The van der Waals surface area contributed by atoms with Gasteiger partial charge in [-0.3, -0.25) is 4.79 Å². The summed E-state index contributed by atoms with van der Waals surface area (Å²) < 4.78 is 27.4. The zero-order valence-electron chi connectivity index (χ0n) is 16.8. The van der Waals surface area contributed by atoms with Crippen LogP contribution in [0.3, 0.4) is 0 Å². The van der Waals surface area contributed by atoms with Gasteiger partial charge in [0.15, 0.2) is 9.34 Å². The van der Waals surface area contributed by atoms with E-state index in [4.69, 9.17) is 0 Å². The van der Waals surface area contributed by atoms with Crippen molar-refractivity contribution in [2.75, 3.05) is 54.4 Å². The van der Waals surface area contributed by atoms with E-state index in [1.165, 1.54) is 36.7 Å². The van der Waals surface area contributed by atoms with E-state index in [1.807, 2.05) is 6.07 Å². The lowest BCUT2D eigenvalue weighted by atomic mass is 10.1. The van der Waals surface area contributed by atoms with Crippen LogP contribution >= 0.6 is 11.3 Å². The largest absolute Gasteiger partial charge is 0.356 e. The van der Waals surface area contributed by atoms with Crippen LogP contribution in [0, 0.1) is 0 Å². The molecule has 2 aromatic heterocycles. The molecule has 4 rings (SSSR count). The van der Waals surface area contributed by atoms with Crippen LogP contribution in [0.2, 0.25) is 0 Å². The molecule has 2 saturated heterocycles. The molecule has 0 spiro atoms. The third-order valence-electron chi connectivity index (χ3n) is 5.24. The number of anilines is 3. The molecule has 0 aliphatic carbocycles. The Balaban J connectivity index is 1.41. The Morgan fingerprint density at radius 1 is 0.967 bits per heavy atom. The summed E-state index contributed by atoms with van der Waals surface area (Å²) in [5.74, 6) is 1.48. The summed E-state index contributed by atoms with van der Waals surface area (Å²) in [7, 11) is -3.64. The first kappa shape index (κ1) is 20.9. The van der Waals surface area contributed by atoms with Crippen molar-refractivity contribution in [3.63, 3.8) is 0 Å². The quantitative estimate of drug-likeness (QED) is 0.726. The number of hydrogen-bond acceptors (Lipinski definition) is 9. The molecule has 0 unspecified atom stereocenters. The highest BCUT2D eigenvalue weighted by Gasteiger charge is 2.31. The minimum absolute atomic E-state index is 0.133. The number of rotatable bonds is 5. The highest BCUT2D eigenvalue weighted by Crippen LogP contribution is 2.28. The highest BCUT2D eigenvalue weighted by atomic mass is 32.2. The van der Waals surface area contributed by atoms with Crippen molar-refractivity contribution < 1.29 is 13.2 Å². The van der Waals surface area contributed by atoms with Gasteiger partial charge in [0, 0.05) is 52.3 Å². The molecule has 1 amide bonds. The van der Waals surface area contributed by atoms with Crippen LogP contribution in [0.5, 0.6) is 0 Å². The van der Waals surface area contributed by atoms with Crippen molar-refractivity contribution in [3.05, 3.63) is 18.6 Å². The fraction of sp³-hybridized carbons (Fsp3) is 0.556. The normalized spacial score (nSPS) is 18.4. The van der Waals surface area contributed by atoms with E-state index >= 15 is 0 Å². The topological polar surface area (TPSA) is 112 Å². The van der Waals surface area contributed by atoms with Crippen LogP contribution in [0.1, 0.15) is 26.2 Å². The summed E-state index contributed by atoms with van der Waals surface area (Å²) >= 11 is 0.964. The third kappa shape index (κ3) is 4.55. The van der Waals surface area contributed by atoms with Crippen LogP contribution < -0.4 is 15.1 Å². The van der Waals surface area contributed by atoms with Crippen molar-refractivity contribution >= 4 is 44.0 Å². The van der Waals surface area contributed by atoms with Crippen molar-refractivity contribution in [2.24, 2.45) is 0 Å². The number of aromatic nitrogens is 3. The molecule has 0 atom stereocenters. The van der Waals surface area contributed by atoms with Crippen LogP contribution in [0.15, 0.2) is 22.8 Å².